The molecule has 0 unspecified atom stereocenters. The molecule has 7 heteroatoms. The van der Waals surface area contributed by atoms with E-state index < -0.39 is 0 Å². The molecule has 1 saturated carbocycles. The van der Waals surface area contributed by atoms with Gasteiger partial charge in [0, 0.05) is 19.6 Å². The van der Waals surface area contributed by atoms with Gasteiger partial charge in [-0.3, -0.25) is 4.79 Å². The number of benzene rings is 1. The summed E-state index contributed by atoms with van der Waals surface area (Å²) in [5.74, 6) is 1.50. The fraction of sp³-hybridized carbons (Fsp3) is 0.529. The zero-order chi connectivity index (χ0) is 16.4. The van der Waals surface area contributed by atoms with Gasteiger partial charge in [-0.15, -0.1) is 0 Å². The largest absolute Gasteiger partial charge is 0.339 e. The molecule has 1 aromatic carbocycles. The number of carbonyl (C=O) groups is 1. The minimum absolute atomic E-state index is 0.177. The summed E-state index contributed by atoms with van der Waals surface area (Å²) in [6, 6.07) is 9.77. The number of hydrogen-bond donors (Lipinski definition) is 0. The highest BCUT2D eigenvalue weighted by molar-refractivity contribution is 5.82. The third kappa shape index (κ3) is 2.98. The van der Waals surface area contributed by atoms with Crippen LogP contribution in [0, 0.1) is 5.92 Å². The van der Waals surface area contributed by atoms with Crippen molar-refractivity contribution < 1.29 is 4.79 Å². The van der Waals surface area contributed by atoms with E-state index in [2.05, 4.69) is 15.5 Å². The first-order valence-corrected chi connectivity index (χ1v) is 8.68. The Morgan fingerprint density at radius 3 is 2.62 bits per heavy atom. The van der Waals surface area contributed by atoms with Gasteiger partial charge in [-0.2, -0.15) is 4.68 Å². The Labute approximate surface area is 141 Å². The monoisotopic (exact) mass is 326 g/mol. The second kappa shape index (κ2) is 6.59. The molecule has 1 amide bonds. The maximum atomic E-state index is 12.5. The van der Waals surface area contributed by atoms with Gasteiger partial charge in [0.05, 0.1) is 5.69 Å². The molecule has 1 aromatic heterocycles. The zero-order valence-electron chi connectivity index (χ0n) is 13.7. The number of aromatic nitrogens is 4. The van der Waals surface area contributed by atoms with Gasteiger partial charge in [0.25, 0.3) is 5.95 Å². The second-order valence-corrected chi connectivity index (χ2v) is 6.64. The molecule has 0 atom stereocenters. The minimum Gasteiger partial charge on any atom is -0.339 e. The molecule has 24 heavy (non-hydrogen) atoms. The molecule has 2 fully saturated rings. The van der Waals surface area contributed by atoms with Crippen molar-refractivity contribution in [1.82, 2.24) is 25.1 Å². The van der Waals surface area contributed by atoms with Gasteiger partial charge in [0.1, 0.15) is 6.54 Å². The molecule has 1 aliphatic heterocycles. The van der Waals surface area contributed by atoms with Crippen LogP contribution >= 0.6 is 0 Å². The Morgan fingerprint density at radius 2 is 1.88 bits per heavy atom. The van der Waals surface area contributed by atoms with E-state index in [0.29, 0.717) is 18.4 Å². The van der Waals surface area contributed by atoms with E-state index in [0.717, 1.165) is 25.3 Å². The Morgan fingerprint density at radius 1 is 1.08 bits per heavy atom. The molecule has 4 rings (SSSR count). The van der Waals surface area contributed by atoms with Crippen LogP contribution in [-0.2, 0) is 4.79 Å². The van der Waals surface area contributed by atoms with Crippen LogP contribution in [-0.4, -0.2) is 57.2 Å². The standard InChI is InChI=1S/C17H22N6O/c24-16-13-22(11-10-21(16)12-14-6-4-5-7-14)17-18-19-20-23(17)15-8-2-1-3-9-15/h1-3,8-9,14H,4-7,10-13H2. The van der Waals surface area contributed by atoms with Crippen molar-refractivity contribution in [2.24, 2.45) is 5.92 Å². The molecular formula is C17H22N6O. The molecular weight excluding hydrogens is 304 g/mol. The topological polar surface area (TPSA) is 67.2 Å². The molecule has 2 aliphatic rings. The number of hydrogen-bond acceptors (Lipinski definition) is 5. The molecule has 1 saturated heterocycles. The SMILES string of the molecule is O=C1CN(c2nnnn2-c2ccccc2)CCN1CC1CCCC1. The zero-order valence-corrected chi connectivity index (χ0v) is 13.7. The first-order valence-electron chi connectivity index (χ1n) is 8.68. The smallest absolute Gasteiger partial charge is 0.250 e. The summed E-state index contributed by atoms with van der Waals surface area (Å²) in [5.41, 5.74) is 0.901. The van der Waals surface area contributed by atoms with E-state index in [1.165, 1.54) is 25.7 Å². The highest BCUT2D eigenvalue weighted by Crippen LogP contribution is 2.26. The number of rotatable bonds is 4. The Hall–Kier alpha value is -2.44. The highest BCUT2D eigenvalue weighted by atomic mass is 16.2. The van der Waals surface area contributed by atoms with Gasteiger partial charge in [-0.25, -0.2) is 0 Å². The van der Waals surface area contributed by atoms with Crippen LogP contribution in [0.5, 0.6) is 0 Å². The Kier molecular flexibility index (Phi) is 4.15. The quantitative estimate of drug-likeness (QED) is 0.852. The van der Waals surface area contributed by atoms with Crippen molar-refractivity contribution in [3.05, 3.63) is 30.3 Å². The van der Waals surface area contributed by atoms with Crippen LogP contribution in [0.4, 0.5) is 5.95 Å². The Balaban J connectivity index is 1.46. The first kappa shape index (κ1) is 15.1. The molecule has 0 N–H and O–H groups in total. The van der Waals surface area contributed by atoms with Gasteiger partial charge in [-0.05, 0) is 41.3 Å². The van der Waals surface area contributed by atoms with Gasteiger partial charge in [0.15, 0.2) is 0 Å². The number of anilines is 1. The van der Waals surface area contributed by atoms with E-state index in [9.17, 15) is 4.79 Å². The lowest BCUT2D eigenvalue weighted by Crippen LogP contribution is -2.52. The van der Waals surface area contributed by atoms with Crippen LogP contribution in [0.25, 0.3) is 5.69 Å². The molecule has 0 spiro atoms. The summed E-state index contributed by atoms with van der Waals surface area (Å²) in [6.07, 6.45) is 5.15. The lowest BCUT2D eigenvalue weighted by atomic mass is 10.1. The number of carbonyl (C=O) groups excluding carboxylic acids is 1. The van der Waals surface area contributed by atoms with Crippen molar-refractivity contribution >= 4 is 11.9 Å². The molecule has 0 radical (unpaired) electrons. The molecule has 0 bridgehead atoms. The van der Waals surface area contributed by atoms with Crippen molar-refractivity contribution in [3.8, 4) is 5.69 Å². The maximum absolute atomic E-state index is 12.5. The second-order valence-electron chi connectivity index (χ2n) is 6.64. The van der Waals surface area contributed by atoms with Crippen molar-refractivity contribution in [3.63, 3.8) is 0 Å². The fourth-order valence-electron chi connectivity index (χ4n) is 3.69. The van der Waals surface area contributed by atoms with E-state index in [1.54, 1.807) is 4.68 Å². The van der Waals surface area contributed by atoms with Crippen LogP contribution in [0.15, 0.2) is 30.3 Å². The van der Waals surface area contributed by atoms with E-state index in [-0.39, 0.29) is 5.91 Å². The van der Waals surface area contributed by atoms with Crippen molar-refractivity contribution in [1.29, 1.82) is 0 Å². The minimum atomic E-state index is 0.177. The molecule has 2 aromatic rings. The third-order valence-corrected chi connectivity index (χ3v) is 5.01. The first-order chi connectivity index (χ1) is 11.8. The predicted octanol–water partition coefficient (Wildman–Crippen LogP) is 1.50. The van der Waals surface area contributed by atoms with E-state index in [1.807, 2.05) is 40.1 Å². The molecule has 7 nitrogen and oxygen atoms in total. The van der Waals surface area contributed by atoms with Crippen molar-refractivity contribution in [2.45, 2.75) is 25.7 Å². The maximum Gasteiger partial charge on any atom is 0.250 e. The van der Waals surface area contributed by atoms with E-state index in [4.69, 9.17) is 0 Å². The number of tetrazole rings is 1. The molecule has 126 valence electrons. The lowest BCUT2D eigenvalue weighted by Gasteiger charge is -2.35. The summed E-state index contributed by atoms with van der Waals surface area (Å²) in [5, 5.41) is 12.0. The van der Waals surface area contributed by atoms with Gasteiger partial charge < -0.3 is 9.80 Å². The molecule has 1 aliphatic carbocycles. The number of nitrogens with zero attached hydrogens (tertiary/aromatic N) is 6. The van der Waals surface area contributed by atoms with Crippen LogP contribution in [0.3, 0.4) is 0 Å². The van der Waals surface area contributed by atoms with Gasteiger partial charge in [-0.1, -0.05) is 36.1 Å². The fourth-order valence-corrected chi connectivity index (χ4v) is 3.69. The summed E-state index contributed by atoms with van der Waals surface area (Å²) in [7, 11) is 0. The summed E-state index contributed by atoms with van der Waals surface area (Å²) < 4.78 is 1.69. The normalized spacial score (nSPS) is 19.2. The van der Waals surface area contributed by atoms with E-state index >= 15 is 0 Å². The highest BCUT2D eigenvalue weighted by Gasteiger charge is 2.29. The Bertz CT molecular complexity index is 694. The average Bonchev–Trinajstić information content (AvgIpc) is 3.29. The molecule has 2 heterocycles. The van der Waals surface area contributed by atoms with Crippen LogP contribution in [0.2, 0.25) is 0 Å². The van der Waals surface area contributed by atoms with Crippen LogP contribution in [0.1, 0.15) is 25.7 Å². The van der Waals surface area contributed by atoms with Gasteiger partial charge in [0.2, 0.25) is 5.91 Å². The summed E-state index contributed by atoms with van der Waals surface area (Å²) in [6.45, 7) is 2.78. The third-order valence-electron chi connectivity index (χ3n) is 5.01. The number of amides is 1. The summed E-state index contributed by atoms with van der Waals surface area (Å²) in [4.78, 5) is 16.5. The van der Waals surface area contributed by atoms with Crippen LogP contribution < -0.4 is 4.90 Å². The van der Waals surface area contributed by atoms with Gasteiger partial charge >= 0.3 is 0 Å². The lowest BCUT2D eigenvalue weighted by molar-refractivity contribution is -0.131. The number of para-hydroxylation sites is 1. The predicted molar refractivity (Wildman–Crippen MR) is 89.9 cm³/mol. The number of piperazine rings is 1. The van der Waals surface area contributed by atoms with Crippen molar-refractivity contribution in [2.75, 3.05) is 31.1 Å². The average molecular weight is 326 g/mol. The summed E-state index contributed by atoms with van der Waals surface area (Å²) >= 11 is 0.